The molecule has 51 heavy (non-hydrogen) atoms. The van der Waals surface area contributed by atoms with Crippen molar-refractivity contribution in [3.8, 4) is 28.2 Å². The molecule has 3 aromatic heterocycles. The molecule has 0 aliphatic heterocycles. The smallest absolute Gasteiger partial charge is 0.0782 e. The van der Waals surface area contributed by atoms with Crippen LogP contribution in [-0.4, -0.2) is 13.7 Å². The summed E-state index contributed by atoms with van der Waals surface area (Å²) in [5.41, 5.74) is 13.1. The van der Waals surface area contributed by atoms with Crippen LogP contribution in [-0.2, 0) is 0 Å². The first kappa shape index (κ1) is 28.0. The lowest BCUT2D eigenvalue weighted by Gasteiger charge is -2.15. The van der Waals surface area contributed by atoms with Crippen molar-refractivity contribution in [1.29, 1.82) is 0 Å². The fourth-order valence-corrected chi connectivity index (χ4v) is 8.50. The first-order valence-corrected chi connectivity index (χ1v) is 17.5. The summed E-state index contributed by atoms with van der Waals surface area (Å²) >= 11 is 0. The molecule has 0 fully saturated rings. The van der Waals surface area contributed by atoms with E-state index in [-0.39, 0.29) is 0 Å². The molecule has 0 N–H and O–H groups in total. The predicted octanol–water partition coefficient (Wildman–Crippen LogP) is 12.6. The Morgan fingerprint density at radius 1 is 0.255 bits per heavy atom. The number of nitrogens with zero attached hydrogens (tertiary/aromatic N) is 3. The van der Waals surface area contributed by atoms with E-state index in [1.54, 1.807) is 0 Å². The minimum atomic E-state index is 1.14. The average Bonchev–Trinajstić information content (AvgIpc) is 3.84. The second-order valence-electron chi connectivity index (χ2n) is 13.3. The summed E-state index contributed by atoms with van der Waals surface area (Å²) < 4.78 is 7.41. The van der Waals surface area contributed by atoms with Gasteiger partial charge in [-0.3, -0.25) is 0 Å². The summed E-state index contributed by atoms with van der Waals surface area (Å²) in [4.78, 5) is 0. The number of fused-ring (bicyclic) bond motifs is 10. The van der Waals surface area contributed by atoms with Gasteiger partial charge in [-0.15, -0.1) is 0 Å². The van der Waals surface area contributed by atoms with E-state index < -0.39 is 0 Å². The lowest BCUT2D eigenvalue weighted by Crippen LogP contribution is -2.01. The number of para-hydroxylation sites is 5. The minimum absolute atomic E-state index is 1.14. The normalized spacial score (nSPS) is 11.9. The van der Waals surface area contributed by atoms with Crippen molar-refractivity contribution in [2.75, 3.05) is 0 Å². The van der Waals surface area contributed by atoms with Gasteiger partial charge in [0.1, 0.15) is 0 Å². The van der Waals surface area contributed by atoms with Crippen molar-refractivity contribution in [3.63, 3.8) is 0 Å². The summed E-state index contributed by atoms with van der Waals surface area (Å²) in [6, 6.07) is 68.4. The van der Waals surface area contributed by atoms with E-state index in [9.17, 15) is 0 Å². The number of hydrogen-bond acceptors (Lipinski definition) is 0. The Bertz CT molecular complexity index is 3110. The zero-order chi connectivity index (χ0) is 33.5. The molecule has 11 rings (SSSR count). The summed E-state index contributed by atoms with van der Waals surface area (Å²) in [5, 5.41) is 7.48. The van der Waals surface area contributed by atoms with Crippen LogP contribution in [0.3, 0.4) is 0 Å². The predicted molar refractivity (Wildman–Crippen MR) is 215 cm³/mol. The Kier molecular flexibility index (Phi) is 5.96. The van der Waals surface area contributed by atoms with E-state index in [4.69, 9.17) is 0 Å². The van der Waals surface area contributed by atoms with Crippen molar-refractivity contribution in [2.24, 2.45) is 0 Å². The van der Waals surface area contributed by atoms with Crippen molar-refractivity contribution >= 4 is 65.4 Å². The van der Waals surface area contributed by atoms with Gasteiger partial charge in [-0.25, -0.2) is 0 Å². The number of benzene rings is 8. The SMILES string of the molecule is c1ccc(-c2ccc(-n3c4ccccc4c4cccc(-n5c6ccccc6c6ccc7c(c8ccccc8n7-c7ccccc7)c65)c43)cc2)cc1. The van der Waals surface area contributed by atoms with E-state index in [0.29, 0.717) is 0 Å². The highest BCUT2D eigenvalue weighted by Crippen LogP contribution is 2.44. The second-order valence-corrected chi connectivity index (χ2v) is 13.3. The van der Waals surface area contributed by atoms with Gasteiger partial charge in [-0.2, -0.15) is 0 Å². The molecule has 0 atom stereocenters. The first-order valence-electron chi connectivity index (χ1n) is 17.5. The van der Waals surface area contributed by atoms with Gasteiger partial charge in [0.05, 0.1) is 38.8 Å². The van der Waals surface area contributed by atoms with Gasteiger partial charge >= 0.3 is 0 Å². The maximum atomic E-state index is 2.53. The Morgan fingerprint density at radius 3 is 1.47 bits per heavy atom. The maximum Gasteiger partial charge on any atom is 0.0782 e. The molecule has 0 radical (unpaired) electrons. The van der Waals surface area contributed by atoms with Crippen molar-refractivity contribution < 1.29 is 0 Å². The van der Waals surface area contributed by atoms with Crippen LogP contribution in [0.15, 0.2) is 188 Å². The third-order valence-corrected chi connectivity index (χ3v) is 10.6. The largest absolute Gasteiger partial charge is 0.309 e. The van der Waals surface area contributed by atoms with E-state index in [0.717, 1.165) is 17.1 Å². The lowest BCUT2D eigenvalue weighted by molar-refractivity contribution is 1.13. The van der Waals surface area contributed by atoms with Gasteiger partial charge in [0, 0.05) is 43.7 Å². The van der Waals surface area contributed by atoms with Crippen molar-refractivity contribution in [1.82, 2.24) is 13.7 Å². The van der Waals surface area contributed by atoms with Crippen LogP contribution < -0.4 is 0 Å². The van der Waals surface area contributed by atoms with Crippen LogP contribution in [0.5, 0.6) is 0 Å². The number of rotatable bonds is 4. The van der Waals surface area contributed by atoms with Crippen LogP contribution >= 0.6 is 0 Å². The molecule has 0 unspecified atom stereocenters. The van der Waals surface area contributed by atoms with E-state index >= 15 is 0 Å². The monoisotopic (exact) mass is 649 g/mol. The zero-order valence-corrected chi connectivity index (χ0v) is 27.7. The molecule has 238 valence electrons. The summed E-state index contributed by atoms with van der Waals surface area (Å²) in [5.74, 6) is 0. The van der Waals surface area contributed by atoms with Crippen LogP contribution in [0.2, 0.25) is 0 Å². The topological polar surface area (TPSA) is 14.8 Å². The molecule has 0 aliphatic carbocycles. The van der Waals surface area contributed by atoms with Crippen LogP contribution in [0, 0.1) is 0 Å². The van der Waals surface area contributed by atoms with Gasteiger partial charge in [0.2, 0.25) is 0 Å². The lowest BCUT2D eigenvalue weighted by atomic mass is 10.1. The standard InChI is InChI=1S/C48H31N3/c1-3-14-32(15-4-1)33-26-28-35(29-27-33)50-41-22-10-7-18-36(41)38-21-13-25-45(47(38)50)51-42-23-11-8-19-37(42)39-30-31-44-46(48(39)51)40-20-9-12-24-43(40)49(44)34-16-5-2-6-17-34/h1-31H. The molecule has 0 bridgehead atoms. The highest BCUT2D eigenvalue weighted by Gasteiger charge is 2.23. The number of hydrogen-bond donors (Lipinski definition) is 0. The van der Waals surface area contributed by atoms with Crippen LogP contribution in [0.1, 0.15) is 0 Å². The van der Waals surface area contributed by atoms with Crippen LogP contribution in [0.4, 0.5) is 0 Å². The van der Waals surface area contributed by atoms with E-state index in [1.807, 2.05) is 0 Å². The molecular weight excluding hydrogens is 619 g/mol. The molecule has 3 nitrogen and oxygen atoms in total. The van der Waals surface area contributed by atoms with Gasteiger partial charge in [-0.05, 0) is 65.7 Å². The van der Waals surface area contributed by atoms with E-state index in [1.165, 1.54) is 76.5 Å². The van der Waals surface area contributed by atoms with Gasteiger partial charge in [-0.1, -0.05) is 133 Å². The van der Waals surface area contributed by atoms with Crippen molar-refractivity contribution in [2.45, 2.75) is 0 Å². The fraction of sp³-hybridized carbons (Fsp3) is 0. The third-order valence-electron chi connectivity index (χ3n) is 10.6. The Hall–Kier alpha value is -6.84. The molecule has 0 saturated carbocycles. The molecule has 3 heteroatoms. The third kappa shape index (κ3) is 4.00. The molecule has 0 saturated heterocycles. The fourth-order valence-electron chi connectivity index (χ4n) is 8.50. The summed E-state index contributed by atoms with van der Waals surface area (Å²) in [7, 11) is 0. The van der Waals surface area contributed by atoms with Crippen LogP contribution in [0.25, 0.3) is 93.6 Å². The Labute approximate surface area is 294 Å². The summed E-state index contributed by atoms with van der Waals surface area (Å²) in [6.45, 7) is 0. The van der Waals surface area contributed by atoms with Gasteiger partial charge < -0.3 is 13.7 Å². The molecule has 3 heterocycles. The van der Waals surface area contributed by atoms with Gasteiger partial charge in [0.15, 0.2) is 0 Å². The van der Waals surface area contributed by atoms with Crippen molar-refractivity contribution in [3.05, 3.63) is 188 Å². The highest BCUT2D eigenvalue weighted by atomic mass is 15.1. The molecular formula is C48H31N3. The van der Waals surface area contributed by atoms with E-state index in [2.05, 4.69) is 202 Å². The quantitative estimate of drug-likeness (QED) is 0.180. The minimum Gasteiger partial charge on any atom is -0.309 e. The maximum absolute atomic E-state index is 2.53. The van der Waals surface area contributed by atoms with Gasteiger partial charge in [0.25, 0.3) is 0 Å². The Morgan fingerprint density at radius 2 is 0.765 bits per heavy atom. The molecule has 0 aliphatic rings. The number of aromatic nitrogens is 3. The molecule has 11 aromatic rings. The molecule has 0 spiro atoms. The highest BCUT2D eigenvalue weighted by molar-refractivity contribution is 6.27. The second kappa shape index (κ2) is 10.8. The molecule has 8 aromatic carbocycles. The summed E-state index contributed by atoms with van der Waals surface area (Å²) in [6.07, 6.45) is 0. The first-order chi connectivity index (χ1) is 25.3. The average molecular weight is 650 g/mol. The molecule has 0 amide bonds. The Balaban J connectivity index is 1.29. The zero-order valence-electron chi connectivity index (χ0n) is 27.7.